The zero-order chi connectivity index (χ0) is 17.0. The van der Waals surface area contributed by atoms with E-state index in [0.717, 1.165) is 24.6 Å². The van der Waals surface area contributed by atoms with Crippen molar-refractivity contribution >= 4 is 40.9 Å². The van der Waals surface area contributed by atoms with E-state index in [9.17, 15) is 19.7 Å². The van der Waals surface area contributed by atoms with Crippen LogP contribution in [0.15, 0.2) is 23.1 Å². The van der Waals surface area contributed by atoms with E-state index in [1.165, 1.54) is 18.2 Å². The first kappa shape index (κ1) is 17.6. The van der Waals surface area contributed by atoms with Gasteiger partial charge >= 0.3 is 5.97 Å². The predicted molar refractivity (Wildman–Crippen MR) is 85.7 cm³/mol. The Morgan fingerprint density at radius 1 is 1.48 bits per heavy atom. The molecular weight excluding hydrogens is 344 g/mol. The van der Waals surface area contributed by atoms with E-state index in [0.29, 0.717) is 17.2 Å². The standard InChI is InChI=1S/C14H15ClN2O5S/c15-9-3-4-12(11(6-9)17(21)22)23-7-13(18)16-10(14(19)20)5-8-1-2-8/h3-4,6,8,10H,1-2,5,7H2,(H,16,18)(H,19,20). The third-order valence-corrected chi connectivity index (χ3v) is 4.67. The van der Waals surface area contributed by atoms with Gasteiger partial charge < -0.3 is 10.4 Å². The number of nitrogens with one attached hydrogen (secondary N) is 1. The first-order valence-electron chi connectivity index (χ1n) is 6.95. The van der Waals surface area contributed by atoms with Gasteiger partial charge in [0.1, 0.15) is 6.04 Å². The van der Waals surface area contributed by atoms with E-state index in [1.54, 1.807) is 0 Å². The molecule has 7 nitrogen and oxygen atoms in total. The van der Waals surface area contributed by atoms with E-state index >= 15 is 0 Å². The summed E-state index contributed by atoms with van der Waals surface area (Å²) < 4.78 is 0. The van der Waals surface area contributed by atoms with Crippen molar-refractivity contribution in [2.75, 3.05) is 5.75 Å². The van der Waals surface area contributed by atoms with Gasteiger partial charge in [-0.25, -0.2) is 4.79 Å². The molecule has 1 saturated carbocycles. The molecule has 1 aromatic carbocycles. The Morgan fingerprint density at radius 2 is 2.17 bits per heavy atom. The fraction of sp³-hybridized carbons (Fsp3) is 0.429. The summed E-state index contributed by atoms with van der Waals surface area (Å²) in [6.07, 6.45) is 2.41. The molecule has 0 spiro atoms. The number of halogens is 1. The van der Waals surface area contributed by atoms with Gasteiger partial charge in [0.15, 0.2) is 0 Å². The van der Waals surface area contributed by atoms with E-state index < -0.39 is 22.8 Å². The van der Waals surface area contributed by atoms with Crippen molar-refractivity contribution in [2.24, 2.45) is 5.92 Å². The molecule has 1 fully saturated rings. The molecule has 9 heteroatoms. The third kappa shape index (κ3) is 5.40. The number of nitrogens with zero attached hydrogens (tertiary/aromatic N) is 1. The summed E-state index contributed by atoms with van der Waals surface area (Å²) in [6.45, 7) is 0. The Labute approximate surface area is 141 Å². The van der Waals surface area contributed by atoms with Crippen molar-refractivity contribution in [1.29, 1.82) is 0 Å². The largest absolute Gasteiger partial charge is 0.480 e. The van der Waals surface area contributed by atoms with Gasteiger partial charge in [0, 0.05) is 11.1 Å². The minimum absolute atomic E-state index is 0.100. The lowest BCUT2D eigenvalue weighted by molar-refractivity contribution is -0.387. The normalized spacial score (nSPS) is 15.0. The summed E-state index contributed by atoms with van der Waals surface area (Å²) >= 11 is 6.70. The van der Waals surface area contributed by atoms with Crippen LogP contribution in [0.4, 0.5) is 5.69 Å². The fourth-order valence-corrected chi connectivity index (χ4v) is 3.02. The highest BCUT2D eigenvalue weighted by atomic mass is 35.5. The summed E-state index contributed by atoms with van der Waals surface area (Å²) in [7, 11) is 0. The number of carboxylic acids is 1. The lowest BCUT2D eigenvalue weighted by atomic mass is 10.1. The monoisotopic (exact) mass is 358 g/mol. The Bertz CT molecular complexity index is 636. The van der Waals surface area contributed by atoms with Crippen LogP contribution in [-0.4, -0.2) is 33.7 Å². The molecule has 2 rings (SSSR count). The molecule has 0 heterocycles. The predicted octanol–water partition coefficient (Wildman–Crippen LogP) is 2.71. The van der Waals surface area contributed by atoms with Crippen molar-refractivity contribution in [3.63, 3.8) is 0 Å². The average Bonchev–Trinajstić information content (AvgIpc) is 3.29. The van der Waals surface area contributed by atoms with Gasteiger partial charge in [0.25, 0.3) is 5.69 Å². The number of aliphatic carboxylic acids is 1. The van der Waals surface area contributed by atoms with Crippen LogP contribution in [0.5, 0.6) is 0 Å². The first-order valence-corrected chi connectivity index (χ1v) is 8.32. The molecular formula is C14H15ClN2O5S. The van der Waals surface area contributed by atoms with E-state index in [2.05, 4.69) is 5.32 Å². The second-order valence-electron chi connectivity index (χ2n) is 5.30. The van der Waals surface area contributed by atoms with E-state index in [4.69, 9.17) is 16.7 Å². The van der Waals surface area contributed by atoms with E-state index in [1.807, 2.05) is 0 Å². The number of nitro benzene ring substituents is 1. The lowest BCUT2D eigenvalue weighted by Gasteiger charge is -2.13. The lowest BCUT2D eigenvalue weighted by Crippen LogP contribution is -2.42. The zero-order valence-electron chi connectivity index (χ0n) is 12.0. The van der Waals surface area contributed by atoms with Crippen LogP contribution in [0.3, 0.4) is 0 Å². The van der Waals surface area contributed by atoms with Crippen LogP contribution in [0.1, 0.15) is 19.3 Å². The third-order valence-electron chi connectivity index (χ3n) is 3.38. The average molecular weight is 359 g/mol. The minimum Gasteiger partial charge on any atom is -0.480 e. The number of benzene rings is 1. The van der Waals surface area contributed by atoms with Crippen LogP contribution < -0.4 is 5.32 Å². The molecule has 0 bridgehead atoms. The molecule has 1 amide bonds. The van der Waals surface area contributed by atoms with Gasteiger partial charge in [-0.2, -0.15) is 0 Å². The number of hydrogen-bond donors (Lipinski definition) is 2. The molecule has 1 atom stereocenters. The van der Waals surface area contributed by atoms with Gasteiger partial charge in [-0.05, 0) is 24.5 Å². The van der Waals surface area contributed by atoms with Crippen LogP contribution in [0, 0.1) is 16.0 Å². The van der Waals surface area contributed by atoms with Crippen LogP contribution in [0.25, 0.3) is 0 Å². The SMILES string of the molecule is O=C(CSc1ccc(Cl)cc1[N+](=O)[O-])NC(CC1CC1)C(=O)O. The molecule has 1 unspecified atom stereocenters. The Balaban J connectivity index is 1.93. The summed E-state index contributed by atoms with van der Waals surface area (Å²) in [6, 6.07) is 3.28. The smallest absolute Gasteiger partial charge is 0.326 e. The second-order valence-corrected chi connectivity index (χ2v) is 6.75. The second kappa shape index (κ2) is 7.65. The first-order chi connectivity index (χ1) is 10.9. The minimum atomic E-state index is -1.06. The van der Waals surface area contributed by atoms with Crippen molar-refractivity contribution in [3.05, 3.63) is 33.3 Å². The molecule has 0 saturated heterocycles. The maximum atomic E-state index is 11.9. The molecule has 124 valence electrons. The maximum Gasteiger partial charge on any atom is 0.326 e. The number of hydrogen-bond acceptors (Lipinski definition) is 5. The van der Waals surface area contributed by atoms with Gasteiger partial charge in [-0.3, -0.25) is 14.9 Å². The molecule has 1 aliphatic rings. The van der Waals surface area contributed by atoms with Crippen molar-refractivity contribution < 1.29 is 19.6 Å². The molecule has 0 radical (unpaired) electrons. The van der Waals surface area contributed by atoms with Crippen molar-refractivity contribution in [3.8, 4) is 0 Å². The number of nitro groups is 1. The number of carbonyl (C=O) groups excluding carboxylic acids is 1. The summed E-state index contributed by atoms with van der Waals surface area (Å²) in [5.74, 6) is -1.27. The number of carboxylic acid groups (broad SMARTS) is 1. The van der Waals surface area contributed by atoms with Gasteiger partial charge in [-0.15, -0.1) is 11.8 Å². The molecule has 23 heavy (non-hydrogen) atoms. The highest BCUT2D eigenvalue weighted by Gasteiger charge is 2.30. The Hall–Kier alpha value is -1.80. The zero-order valence-corrected chi connectivity index (χ0v) is 13.6. The van der Waals surface area contributed by atoms with Crippen molar-refractivity contribution in [2.45, 2.75) is 30.2 Å². The topological polar surface area (TPSA) is 110 Å². The highest BCUT2D eigenvalue weighted by Crippen LogP contribution is 2.34. The summed E-state index contributed by atoms with van der Waals surface area (Å²) in [4.78, 5) is 33.7. The Morgan fingerprint density at radius 3 is 2.74 bits per heavy atom. The van der Waals surface area contributed by atoms with Crippen LogP contribution in [0.2, 0.25) is 5.02 Å². The quantitative estimate of drug-likeness (QED) is 0.420. The molecule has 2 N–H and O–H groups in total. The molecule has 1 aliphatic carbocycles. The van der Waals surface area contributed by atoms with Crippen LogP contribution >= 0.6 is 23.4 Å². The number of carbonyl (C=O) groups is 2. The number of rotatable bonds is 8. The maximum absolute atomic E-state index is 11.9. The van der Waals surface area contributed by atoms with Crippen LogP contribution in [-0.2, 0) is 9.59 Å². The summed E-state index contributed by atoms with van der Waals surface area (Å²) in [5, 5.41) is 22.8. The van der Waals surface area contributed by atoms with E-state index in [-0.39, 0.29) is 16.5 Å². The highest BCUT2D eigenvalue weighted by molar-refractivity contribution is 8.00. The summed E-state index contributed by atoms with van der Waals surface area (Å²) in [5.41, 5.74) is -0.178. The van der Waals surface area contributed by atoms with Gasteiger partial charge in [-0.1, -0.05) is 24.4 Å². The molecule has 0 aromatic heterocycles. The molecule has 0 aliphatic heterocycles. The number of amides is 1. The van der Waals surface area contributed by atoms with Gasteiger partial charge in [0.2, 0.25) is 5.91 Å². The fourth-order valence-electron chi connectivity index (χ4n) is 2.04. The van der Waals surface area contributed by atoms with Crippen molar-refractivity contribution in [1.82, 2.24) is 5.32 Å². The number of thioether (sulfide) groups is 1. The Kier molecular flexibility index (Phi) is 5.84. The molecule has 1 aromatic rings. The van der Waals surface area contributed by atoms with Gasteiger partial charge in [0.05, 0.1) is 15.6 Å².